The molecule has 0 spiro atoms. The first-order chi connectivity index (χ1) is 13.4. The van der Waals surface area contributed by atoms with Gasteiger partial charge in [0.25, 0.3) is 0 Å². The molecule has 2 aromatic carbocycles. The quantitative estimate of drug-likeness (QED) is 0.359. The molecule has 0 bridgehead atoms. The lowest BCUT2D eigenvalue weighted by Crippen LogP contribution is -2.16. The zero-order valence-corrected chi connectivity index (χ0v) is 18.8. The average molecular weight is 508 g/mol. The SMILES string of the molecule is Cc1cccc(OCc2nc(SCC(=O)Nc3c(C)cc(I)cc3C)n[nH]2)c1. The lowest BCUT2D eigenvalue weighted by atomic mass is 10.1. The number of ether oxygens (including phenoxy) is 1. The summed E-state index contributed by atoms with van der Waals surface area (Å²) in [6.07, 6.45) is 0. The Hall–Kier alpha value is -2.07. The van der Waals surface area contributed by atoms with Gasteiger partial charge in [-0.15, -0.1) is 5.10 Å². The van der Waals surface area contributed by atoms with Gasteiger partial charge in [0.05, 0.1) is 5.75 Å². The van der Waals surface area contributed by atoms with Crippen LogP contribution in [0, 0.1) is 24.3 Å². The van der Waals surface area contributed by atoms with Crippen LogP contribution in [0.3, 0.4) is 0 Å². The molecule has 0 saturated carbocycles. The van der Waals surface area contributed by atoms with Crippen LogP contribution in [0.5, 0.6) is 5.75 Å². The van der Waals surface area contributed by atoms with Crippen molar-refractivity contribution in [1.82, 2.24) is 15.2 Å². The van der Waals surface area contributed by atoms with Crippen molar-refractivity contribution >= 4 is 45.9 Å². The number of nitrogens with zero attached hydrogens (tertiary/aromatic N) is 2. The summed E-state index contributed by atoms with van der Waals surface area (Å²) >= 11 is 3.56. The lowest BCUT2D eigenvalue weighted by molar-refractivity contribution is -0.113. The van der Waals surface area contributed by atoms with Crippen LogP contribution in [0.25, 0.3) is 0 Å². The normalized spacial score (nSPS) is 10.7. The van der Waals surface area contributed by atoms with E-state index in [9.17, 15) is 4.79 Å². The van der Waals surface area contributed by atoms with E-state index in [0.29, 0.717) is 17.6 Å². The molecule has 3 aromatic rings. The van der Waals surface area contributed by atoms with Gasteiger partial charge in [-0.3, -0.25) is 9.89 Å². The summed E-state index contributed by atoms with van der Waals surface area (Å²) in [5.74, 6) is 1.56. The van der Waals surface area contributed by atoms with E-state index in [1.807, 2.05) is 57.2 Å². The molecule has 3 rings (SSSR count). The molecule has 2 N–H and O–H groups in total. The molecule has 1 amide bonds. The zero-order chi connectivity index (χ0) is 20.1. The Balaban J connectivity index is 1.51. The number of rotatable bonds is 7. The Morgan fingerprint density at radius 3 is 2.68 bits per heavy atom. The first-order valence-electron chi connectivity index (χ1n) is 8.71. The van der Waals surface area contributed by atoms with Gasteiger partial charge in [-0.1, -0.05) is 23.9 Å². The number of aromatic amines is 1. The fourth-order valence-corrected chi connectivity index (χ4v) is 4.23. The Bertz CT molecular complexity index is 967. The van der Waals surface area contributed by atoms with Crippen molar-refractivity contribution in [3.63, 3.8) is 0 Å². The number of hydrogen-bond acceptors (Lipinski definition) is 5. The van der Waals surface area contributed by atoms with Crippen molar-refractivity contribution in [2.75, 3.05) is 11.1 Å². The number of benzene rings is 2. The summed E-state index contributed by atoms with van der Waals surface area (Å²) in [5.41, 5.74) is 4.11. The van der Waals surface area contributed by atoms with Crippen LogP contribution in [0.1, 0.15) is 22.5 Å². The van der Waals surface area contributed by atoms with E-state index in [0.717, 1.165) is 31.7 Å². The molecule has 6 nitrogen and oxygen atoms in total. The third-order valence-electron chi connectivity index (χ3n) is 3.97. The molecule has 0 fully saturated rings. The molecule has 1 heterocycles. The van der Waals surface area contributed by atoms with Crippen LogP contribution in [0.4, 0.5) is 5.69 Å². The molecule has 0 aliphatic rings. The van der Waals surface area contributed by atoms with E-state index >= 15 is 0 Å². The standard InChI is InChI=1S/C20H21IN4O2S/c1-12-5-4-6-16(7-12)27-10-17-22-20(25-24-17)28-11-18(26)23-19-13(2)8-15(21)9-14(19)3/h4-9H,10-11H2,1-3H3,(H,23,26)(H,22,24,25). The largest absolute Gasteiger partial charge is 0.486 e. The van der Waals surface area contributed by atoms with Gasteiger partial charge in [0.1, 0.15) is 12.4 Å². The smallest absolute Gasteiger partial charge is 0.234 e. The minimum absolute atomic E-state index is 0.0835. The second kappa shape index (κ2) is 9.42. The number of aromatic nitrogens is 3. The Kier molecular flexibility index (Phi) is 6.95. The summed E-state index contributed by atoms with van der Waals surface area (Å²) in [7, 11) is 0. The fourth-order valence-electron chi connectivity index (χ4n) is 2.68. The van der Waals surface area contributed by atoms with Crippen LogP contribution >= 0.6 is 34.4 Å². The first kappa shape index (κ1) is 20.7. The molecule has 1 aromatic heterocycles. The van der Waals surface area contributed by atoms with E-state index in [1.165, 1.54) is 11.8 Å². The molecule has 28 heavy (non-hydrogen) atoms. The van der Waals surface area contributed by atoms with Crippen LogP contribution in [0.15, 0.2) is 41.6 Å². The third kappa shape index (κ3) is 5.71. The predicted octanol–water partition coefficient (Wildman–Crippen LogP) is 4.64. The van der Waals surface area contributed by atoms with E-state index in [1.54, 1.807) is 0 Å². The summed E-state index contributed by atoms with van der Waals surface area (Å²) in [6.45, 7) is 6.30. The van der Waals surface area contributed by atoms with Gasteiger partial charge in [-0.25, -0.2) is 4.98 Å². The monoisotopic (exact) mass is 508 g/mol. The Morgan fingerprint density at radius 1 is 1.21 bits per heavy atom. The average Bonchev–Trinajstić information content (AvgIpc) is 3.09. The molecular formula is C20H21IN4O2S. The summed E-state index contributed by atoms with van der Waals surface area (Å²) in [5, 5.41) is 10.5. The van der Waals surface area contributed by atoms with Crippen LogP contribution in [-0.2, 0) is 11.4 Å². The molecular weight excluding hydrogens is 487 g/mol. The number of hydrogen-bond donors (Lipinski definition) is 2. The molecule has 0 saturated heterocycles. The summed E-state index contributed by atoms with van der Waals surface area (Å²) in [6, 6.07) is 11.9. The highest BCUT2D eigenvalue weighted by molar-refractivity contribution is 14.1. The Labute approximate surface area is 182 Å². The minimum atomic E-state index is -0.0835. The molecule has 0 atom stereocenters. The van der Waals surface area contributed by atoms with Gasteiger partial charge in [-0.2, -0.15) is 0 Å². The number of H-pyrrole nitrogens is 1. The van der Waals surface area contributed by atoms with Crippen molar-refractivity contribution in [2.24, 2.45) is 0 Å². The molecule has 0 aliphatic carbocycles. The van der Waals surface area contributed by atoms with Gasteiger partial charge in [0, 0.05) is 9.26 Å². The van der Waals surface area contributed by atoms with Crippen LogP contribution in [0.2, 0.25) is 0 Å². The Morgan fingerprint density at radius 2 is 1.96 bits per heavy atom. The molecule has 146 valence electrons. The maximum absolute atomic E-state index is 12.3. The maximum Gasteiger partial charge on any atom is 0.234 e. The fraction of sp³-hybridized carbons (Fsp3) is 0.250. The summed E-state index contributed by atoms with van der Waals surface area (Å²) in [4.78, 5) is 16.7. The van der Waals surface area contributed by atoms with E-state index < -0.39 is 0 Å². The van der Waals surface area contributed by atoms with Gasteiger partial charge >= 0.3 is 0 Å². The lowest BCUT2D eigenvalue weighted by Gasteiger charge is -2.11. The van der Waals surface area contributed by atoms with Crippen molar-refractivity contribution in [1.29, 1.82) is 0 Å². The zero-order valence-electron chi connectivity index (χ0n) is 15.9. The van der Waals surface area contributed by atoms with Crippen molar-refractivity contribution in [2.45, 2.75) is 32.5 Å². The number of anilines is 1. The number of nitrogens with one attached hydrogen (secondary N) is 2. The second-order valence-corrected chi connectivity index (χ2v) is 8.61. The van der Waals surface area contributed by atoms with Gasteiger partial charge in [-0.05, 0) is 84.3 Å². The number of amides is 1. The van der Waals surface area contributed by atoms with E-state index in [4.69, 9.17) is 4.74 Å². The van der Waals surface area contributed by atoms with E-state index in [2.05, 4.69) is 43.1 Å². The number of carbonyl (C=O) groups is 1. The first-order valence-corrected chi connectivity index (χ1v) is 10.8. The predicted molar refractivity (Wildman–Crippen MR) is 120 cm³/mol. The maximum atomic E-state index is 12.3. The van der Waals surface area contributed by atoms with Crippen molar-refractivity contribution in [3.05, 3.63) is 62.5 Å². The van der Waals surface area contributed by atoms with Gasteiger partial charge < -0.3 is 10.1 Å². The van der Waals surface area contributed by atoms with Crippen molar-refractivity contribution < 1.29 is 9.53 Å². The number of thioether (sulfide) groups is 1. The molecule has 0 radical (unpaired) electrons. The second-order valence-electron chi connectivity index (χ2n) is 6.42. The van der Waals surface area contributed by atoms with Gasteiger partial charge in [0.15, 0.2) is 5.82 Å². The number of halogens is 1. The highest BCUT2D eigenvalue weighted by Gasteiger charge is 2.11. The highest BCUT2D eigenvalue weighted by Crippen LogP contribution is 2.24. The summed E-state index contributed by atoms with van der Waals surface area (Å²) < 4.78 is 6.86. The highest BCUT2D eigenvalue weighted by atomic mass is 127. The van der Waals surface area contributed by atoms with Crippen LogP contribution in [-0.4, -0.2) is 26.8 Å². The number of aryl methyl sites for hydroxylation is 3. The molecule has 0 aliphatic heterocycles. The minimum Gasteiger partial charge on any atom is -0.486 e. The van der Waals surface area contributed by atoms with Crippen molar-refractivity contribution in [3.8, 4) is 5.75 Å². The topological polar surface area (TPSA) is 79.9 Å². The number of carbonyl (C=O) groups excluding carboxylic acids is 1. The molecule has 8 heteroatoms. The molecule has 0 unspecified atom stereocenters. The van der Waals surface area contributed by atoms with Crippen LogP contribution < -0.4 is 10.1 Å². The van der Waals surface area contributed by atoms with Gasteiger partial charge in [0.2, 0.25) is 11.1 Å². The third-order valence-corrected chi connectivity index (χ3v) is 5.44. The van der Waals surface area contributed by atoms with E-state index in [-0.39, 0.29) is 11.7 Å².